The minimum Gasteiger partial charge on any atom is -0.289 e. The number of carbonyl (C=O) groups excluding carboxylic acids is 1. The summed E-state index contributed by atoms with van der Waals surface area (Å²) >= 11 is 0. The molecular formula is C43H30N4O. The summed E-state index contributed by atoms with van der Waals surface area (Å²) in [6.07, 6.45) is 0. The summed E-state index contributed by atoms with van der Waals surface area (Å²) in [5.74, 6) is 1.64. The monoisotopic (exact) mass is 618 g/mol. The molecular weight excluding hydrogens is 589 g/mol. The number of fused-ring (bicyclic) bond motifs is 6. The van der Waals surface area contributed by atoms with Gasteiger partial charge in [-0.05, 0) is 40.5 Å². The molecule has 0 saturated carbocycles. The van der Waals surface area contributed by atoms with E-state index in [-0.39, 0.29) is 11.2 Å². The molecule has 0 amide bonds. The van der Waals surface area contributed by atoms with Crippen molar-refractivity contribution in [3.8, 4) is 39.9 Å². The number of hydrogen-bond acceptors (Lipinski definition) is 4. The lowest BCUT2D eigenvalue weighted by atomic mass is 9.82. The number of ketones is 1. The molecule has 9 rings (SSSR count). The van der Waals surface area contributed by atoms with E-state index in [9.17, 15) is 4.79 Å². The van der Waals surface area contributed by atoms with E-state index in [4.69, 9.17) is 15.0 Å². The average Bonchev–Trinajstić information content (AvgIpc) is 3.58. The fraction of sp³-hybridized carbons (Fsp3) is 0.0698. The van der Waals surface area contributed by atoms with Crippen LogP contribution in [-0.2, 0) is 5.41 Å². The Morgan fingerprint density at radius 1 is 0.521 bits per heavy atom. The zero-order chi connectivity index (χ0) is 32.4. The number of rotatable bonds is 5. The first-order chi connectivity index (χ1) is 23.5. The largest absolute Gasteiger partial charge is 0.289 e. The van der Waals surface area contributed by atoms with Crippen LogP contribution in [-0.4, -0.2) is 25.3 Å². The molecule has 5 nitrogen and oxygen atoms in total. The van der Waals surface area contributed by atoms with Crippen molar-refractivity contribution in [2.24, 2.45) is 0 Å². The highest BCUT2D eigenvalue weighted by atomic mass is 16.1. The molecule has 0 radical (unpaired) electrons. The molecule has 1 aliphatic carbocycles. The van der Waals surface area contributed by atoms with Crippen molar-refractivity contribution in [3.63, 3.8) is 0 Å². The normalized spacial score (nSPS) is 13.0. The van der Waals surface area contributed by atoms with Gasteiger partial charge < -0.3 is 0 Å². The van der Waals surface area contributed by atoms with E-state index in [1.54, 1.807) is 0 Å². The van der Waals surface area contributed by atoms with Gasteiger partial charge in [-0.3, -0.25) is 9.36 Å². The third-order valence-electron chi connectivity index (χ3n) is 9.66. The third kappa shape index (κ3) is 4.32. The topological polar surface area (TPSA) is 60.7 Å². The molecule has 0 spiro atoms. The second-order valence-corrected chi connectivity index (χ2v) is 12.9. The molecule has 2 aromatic heterocycles. The van der Waals surface area contributed by atoms with Crippen LogP contribution in [0.4, 0.5) is 0 Å². The molecule has 48 heavy (non-hydrogen) atoms. The Hall–Kier alpha value is -6.20. The highest BCUT2D eigenvalue weighted by molar-refractivity contribution is 6.15. The van der Waals surface area contributed by atoms with E-state index in [0.717, 1.165) is 32.9 Å². The Morgan fingerprint density at radius 2 is 1.10 bits per heavy atom. The van der Waals surface area contributed by atoms with E-state index >= 15 is 0 Å². The summed E-state index contributed by atoms with van der Waals surface area (Å²) in [6, 6.07) is 48.7. The van der Waals surface area contributed by atoms with Gasteiger partial charge in [-0.15, -0.1) is 0 Å². The van der Waals surface area contributed by atoms with Crippen LogP contribution in [0.25, 0.3) is 61.7 Å². The molecule has 0 aliphatic heterocycles. The summed E-state index contributed by atoms with van der Waals surface area (Å²) in [5, 5.41) is 2.11. The summed E-state index contributed by atoms with van der Waals surface area (Å²) in [5.41, 5.74) is 9.77. The lowest BCUT2D eigenvalue weighted by Gasteiger charge is -2.21. The zero-order valence-electron chi connectivity index (χ0n) is 26.6. The maximum Gasteiger partial charge on any atom is 0.238 e. The smallest absolute Gasteiger partial charge is 0.238 e. The van der Waals surface area contributed by atoms with Gasteiger partial charge in [-0.1, -0.05) is 141 Å². The standard InChI is InChI=1S/C43H30N4O/c1-43(2)35-21-13-12-20-31(35)33-25-34-32-23-22-30(39(48)27-14-6-3-7-15-27)24-37(32)47(38(34)26-36(33)43)42-45-40(28-16-8-4-9-17-28)44-41(46-42)29-18-10-5-11-19-29/h3-26H,1-2H3. The lowest BCUT2D eigenvalue weighted by molar-refractivity contribution is 0.103. The van der Waals surface area contributed by atoms with Crippen LogP contribution < -0.4 is 0 Å². The quantitative estimate of drug-likeness (QED) is 0.180. The van der Waals surface area contributed by atoms with Crippen molar-refractivity contribution in [1.82, 2.24) is 19.5 Å². The minimum atomic E-state index is -0.195. The Bertz CT molecular complexity index is 2480. The Labute approximate surface area is 278 Å². The Balaban J connectivity index is 1.37. The van der Waals surface area contributed by atoms with Gasteiger partial charge >= 0.3 is 0 Å². The van der Waals surface area contributed by atoms with Gasteiger partial charge in [-0.2, -0.15) is 9.97 Å². The van der Waals surface area contributed by atoms with E-state index in [1.165, 1.54) is 22.3 Å². The SMILES string of the molecule is CC1(C)c2ccccc2-c2cc3c4ccc(C(=O)c5ccccc5)cc4n(-c4nc(-c5ccccc5)nc(-c5ccccc5)n4)c3cc21. The van der Waals surface area contributed by atoms with Gasteiger partial charge in [-0.25, -0.2) is 4.98 Å². The minimum absolute atomic E-state index is 0.0301. The average molecular weight is 619 g/mol. The molecule has 0 atom stereocenters. The Morgan fingerprint density at radius 3 is 1.77 bits per heavy atom. The van der Waals surface area contributed by atoms with E-state index in [1.807, 2.05) is 103 Å². The maximum absolute atomic E-state index is 13.8. The third-order valence-corrected chi connectivity index (χ3v) is 9.66. The number of nitrogens with zero attached hydrogens (tertiary/aromatic N) is 4. The van der Waals surface area contributed by atoms with Gasteiger partial charge in [0.1, 0.15) is 0 Å². The fourth-order valence-electron chi connectivity index (χ4n) is 7.22. The predicted octanol–water partition coefficient (Wildman–Crippen LogP) is 9.84. The summed E-state index contributed by atoms with van der Waals surface area (Å²) in [7, 11) is 0. The van der Waals surface area contributed by atoms with Gasteiger partial charge in [0.05, 0.1) is 11.0 Å². The highest BCUT2D eigenvalue weighted by Gasteiger charge is 2.36. The van der Waals surface area contributed by atoms with Gasteiger partial charge in [0.25, 0.3) is 0 Å². The highest BCUT2D eigenvalue weighted by Crippen LogP contribution is 2.51. The molecule has 0 fully saturated rings. The number of hydrogen-bond donors (Lipinski definition) is 0. The Kier molecular flexibility index (Phi) is 6.24. The van der Waals surface area contributed by atoms with Crippen LogP contribution in [0.5, 0.6) is 0 Å². The van der Waals surface area contributed by atoms with Gasteiger partial charge in [0.15, 0.2) is 17.4 Å². The van der Waals surface area contributed by atoms with Crippen LogP contribution in [0, 0.1) is 0 Å². The van der Waals surface area contributed by atoms with Crippen molar-refractivity contribution in [3.05, 3.63) is 168 Å². The number of carbonyl (C=O) groups is 1. The second-order valence-electron chi connectivity index (χ2n) is 12.9. The van der Waals surface area contributed by atoms with Crippen molar-refractivity contribution >= 4 is 27.6 Å². The number of benzene rings is 6. The van der Waals surface area contributed by atoms with Crippen molar-refractivity contribution in [1.29, 1.82) is 0 Å². The van der Waals surface area contributed by atoms with Crippen LogP contribution in [0.15, 0.2) is 146 Å². The van der Waals surface area contributed by atoms with Gasteiger partial charge in [0, 0.05) is 38.4 Å². The van der Waals surface area contributed by atoms with Crippen LogP contribution in [0.1, 0.15) is 40.9 Å². The first-order valence-corrected chi connectivity index (χ1v) is 16.2. The molecule has 0 N–H and O–H groups in total. The first kappa shape index (κ1) is 28.1. The molecule has 0 saturated heterocycles. The van der Waals surface area contributed by atoms with Crippen LogP contribution >= 0.6 is 0 Å². The summed E-state index contributed by atoms with van der Waals surface area (Å²) in [6.45, 7) is 4.58. The predicted molar refractivity (Wildman–Crippen MR) is 192 cm³/mol. The molecule has 6 aromatic carbocycles. The van der Waals surface area contributed by atoms with E-state index < -0.39 is 0 Å². The maximum atomic E-state index is 13.8. The van der Waals surface area contributed by atoms with Crippen molar-refractivity contribution < 1.29 is 4.79 Å². The summed E-state index contributed by atoms with van der Waals surface area (Å²) < 4.78 is 2.12. The first-order valence-electron chi connectivity index (χ1n) is 16.2. The second kappa shape index (κ2) is 10.7. The number of aromatic nitrogens is 4. The fourth-order valence-corrected chi connectivity index (χ4v) is 7.22. The molecule has 0 unspecified atom stereocenters. The molecule has 228 valence electrons. The molecule has 8 aromatic rings. The summed E-state index contributed by atoms with van der Waals surface area (Å²) in [4.78, 5) is 29.0. The van der Waals surface area contributed by atoms with Crippen molar-refractivity contribution in [2.45, 2.75) is 19.3 Å². The zero-order valence-corrected chi connectivity index (χ0v) is 26.6. The molecule has 1 aliphatic rings. The van der Waals surface area contributed by atoms with Crippen molar-refractivity contribution in [2.75, 3.05) is 0 Å². The lowest BCUT2D eigenvalue weighted by Crippen LogP contribution is -2.15. The molecule has 0 bridgehead atoms. The molecule has 2 heterocycles. The molecule has 5 heteroatoms. The van der Waals surface area contributed by atoms with Crippen LogP contribution in [0.2, 0.25) is 0 Å². The van der Waals surface area contributed by atoms with E-state index in [2.05, 4.69) is 60.9 Å². The van der Waals surface area contributed by atoms with E-state index in [0.29, 0.717) is 28.7 Å². The van der Waals surface area contributed by atoms with Gasteiger partial charge in [0.2, 0.25) is 5.95 Å². The van der Waals surface area contributed by atoms with Crippen LogP contribution in [0.3, 0.4) is 0 Å².